The van der Waals surface area contributed by atoms with Gasteiger partial charge in [-0.3, -0.25) is 14.9 Å². The summed E-state index contributed by atoms with van der Waals surface area (Å²) in [7, 11) is 0. The van der Waals surface area contributed by atoms with E-state index in [4.69, 9.17) is 4.63 Å². The van der Waals surface area contributed by atoms with E-state index in [1.165, 1.54) is 0 Å². The number of fused-ring (bicyclic) bond motifs is 5. The molecule has 10 nitrogen and oxygen atoms in total. The van der Waals surface area contributed by atoms with Gasteiger partial charge in [-0.05, 0) is 40.3 Å². The van der Waals surface area contributed by atoms with Crippen molar-refractivity contribution in [3.05, 3.63) is 86.3 Å². The van der Waals surface area contributed by atoms with Crippen molar-refractivity contribution in [3.63, 3.8) is 0 Å². The van der Waals surface area contributed by atoms with Crippen LogP contribution in [0.4, 0.5) is 17.1 Å². The molecule has 2 atom stereocenters. The van der Waals surface area contributed by atoms with Crippen LogP contribution in [0.1, 0.15) is 23.6 Å². The number of nitrogens with zero attached hydrogens (tertiary/aromatic N) is 5. The first-order chi connectivity index (χ1) is 16.6. The van der Waals surface area contributed by atoms with Crippen molar-refractivity contribution in [1.29, 1.82) is 0 Å². The lowest BCUT2D eigenvalue weighted by atomic mass is 9.83. The van der Waals surface area contributed by atoms with E-state index in [-0.39, 0.29) is 28.6 Å². The van der Waals surface area contributed by atoms with Crippen molar-refractivity contribution < 1.29 is 9.55 Å². The van der Waals surface area contributed by atoms with Crippen molar-refractivity contribution in [2.75, 3.05) is 23.3 Å². The molecule has 1 saturated heterocycles. The molecule has 1 fully saturated rings. The molecule has 172 valence electrons. The SMILES string of the molecule is O=c1cccc2n1CC1CC2CN(c2cc(NCc3ccccc3)c([N+](=O)[O-])c3nonc23)C1. The normalized spacial score (nSPS) is 19.1. The number of rotatable bonds is 5. The second kappa shape index (κ2) is 7.98. The summed E-state index contributed by atoms with van der Waals surface area (Å²) < 4.78 is 6.85. The number of anilines is 2. The summed E-state index contributed by atoms with van der Waals surface area (Å²) in [6, 6.07) is 16.9. The van der Waals surface area contributed by atoms with Gasteiger partial charge in [0.1, 0.15) is 5.69 Å². The molecule has 4 aromatic rings. The smallest absolute Gasteiger partial charge is 0.323 e. The molecule has 0 aliphatic carbocycles. The van der Waals surface area contributed by atoms with E-state index in [2.05, 4.69) is 20.5 Å². The Bertz CT molecular complexity index is 1450. The van der Waals surface area contributed by atoms with Crippen LogP contribution >= 0.6 is 0 Å². The lowest BCUT2D eigenvalue weighted by Gasteiger charge is -2.43. The van der Waals surface area contributed by atoms with Gasteiger partial charge < -0.3 is 14.8 Å². The number of nitro benzene ring substituents is 1. The van der Waals surface area contributed by atoms with Crippen LogP contribution in [0.25, 0.3) is 11.0 Å². The van der Waals surface area contributed by atoms with Gasteiger partial charge in [-0.1, -0.05) is 36.4 Å². The Hall–Kier alpha value is -4.21. The first-order valence-corrected chi connectivity index (χ1v) is 11.2. The summed E-state index contributed by atoms with van der Waals surface area (Å²) in [5.41, 5.74) is 3.56. The van der Waals surface area contributed by atoms with Crippen molar-refractivity contribution in [3.8, 4) is 0 Å². The second-order valence-corrected chi connectivity index (χ2v) is 8.95. The van der Waals surface area contributed by atoms with E-state index in [1.807, 2.05) is 47.0 Å². The quantitative estimate of drug-likeness (QED) is 0.356. The maximum atomic E-state index is 12.4. The average Bonchev–Trinajstić information content (AvgIpc) is 3.32. The molecule has 0 saturated carbocycles. The topological polar surface area (TPSA) is 119 Å². The Morgan fingerprint density at radius 1 is 1.06 bits per heavy atom. The van der Waals surface area contributed by atoms with Gasteiger partial charge >= 0.3 is 5.69 Å². The third-order valence-electron chi connectivity index (χ3n) is 6.82. The third-order valence-corrected chi connectivity index (χ3v) is 6.82. The Morgan fingerprint density at radius 2 is 1.88 bits per heavy atom. The molecule has 2 aromatic carbocycles. The zero-order valence-corrected chi connectivity index (χ0v) is 18.3. The van der Waals surface area contributed by atoms with Gasteiger partial charge in [0.25, 0.3) is 5.56 Å². The second-order valence-electron chi connectivity index (χ2n) is 8.95. The van der Waals surface area contributed by atoms with Crippen LogP contribution < -0.4 is 15.8 Å². The van der Waals surface area contributed by atoms with Gasteiger partial charge in [-0.2, -0.15) is 0 Å². The minimum Gasteiger partial charge on any atom is -0.375 e. The Labute approximate surface area is 193 Å². The molecule has 10 heteroatoms. The Morgan fingerprint density at radius 3 is 2.71 bits per heavy atom. The number of hydrogen-bond acceptors (Lipinski definition) is 8. The molecule has 34 heavy (non-hydrogen) atoms. The Kier molecular flexibility index (Phi) is 4.79. The van der Waals surface area contributed by atoms with Crippen molar-refractivity contribution in [1.82, 2.24) is 14.9 Å². The van der Waals surface area contributed by atoms with Gasteiger partial charge in [0.15, 0.2) is 5.52 Å². The number of piperidine rings is 1. The summed E-state index contributed by atoms with van der Waals surface area (Å²) in [5, 5.41) is 23.1. The molecule has 0 spiro atoms. The van der Waals surface area contributed by atoms with Crippen molar-refractivity contribution in [2.24, 2.45) is 5.92 Å². The highest BCUT2D eigenvalue weighted by molar-refractivity contribution is 5.99. The number of aromatic nitrogens is 3. The molecule has 2 aliphatic rings. The lowest BCUT2D eigenvalue weighted by molar-refractivity contribution is -0.382. The molecular weight excluding hydrogens is 436 g/mol. The maximum absolute atomic E-state index is 12.4. The molecule has 2 unspecified atom stereocenters. The zero-order chi connectivity index (χ0) is 23.2. The first-order valence-electron chi connectivity index (χ1n) is 11.2. The first kappa shape index (κ1) is 20.4. The van der Waals surface area contributed by atoms with Crippen LogP contribution in [-0.2, 0) is 13.1 Å². The fraction of sp³-hybridized carbons (Fsp3) is 0.292. The van der Waals surface area contributed by atoms with Crippen molar-refractivity contribution in [2.45, 2.75) is 25.4 Å². The minimum atomic E-state index is -0.447. The van der Waals surface area contributed by atoms with E-state index in [9.17, 15) is 14.9 Å². The highest BCUT2D eigenvalue weighted by atomic mass is 16.6. The predicted octanol–water partition coefficient (Wildman–Crippen LogP) is 3.53. The minimum absolute atomic E-state index is 0.0338. The standard InChI is InChI=1S/C24H22N6O4/c31-21-8-4-7-19-17-9-16(13-29(19)21)12-28(14-17)20-10-18(25-11-15-5-2-1-3-6-15)24(30(32)33)23-22(20)26-34-27-23/h1-8,10,16-17,25H,9,11-14H2. The molecule has 1 N–H and O–H groups in total. The highest BCUT2D eigenvalue weighted by Crippen LogP contribution is 2.42. The summed E-state index contributed by atoms with van der Waals surface area (Å²) in [6.07, 6.45) is 1.01. The molecule has 6 rings (SSSR count). The van der Waals surface area contributed by atoms with Crippen molar-refractivity contribution >= 4 is 28.1 Å². The van der Waals surface area contributed by atoms with Crippen LogP contribution in [0.15, 0.2) is 64.0 Å². The van der Waals surface area contributed by atoms with Crippen LogP contribution in [0.5, 0.6) is 0 Å². The molecule has 4 heterocycles. The van der Waals surface area contributed by atoms with Gasteiger partial charge in [0, 0.05) is 43.9 Å². The number of pyridine rings is 1. The average molecular weight is 458 g/mol. The van der Waals surface area contributed by atoms with Gasteiger partial charge in [0.05, 0.1) is 10.6 Å². The molecule has 2 aromatic heterocycles. The maximum Gasteiger partial charge on any atom is 0.323 e. The summed E-state index contributed by atoms with van der Waals surface area (Å²) in [6.45, 7) is 2.49. The summed E-state index contributed by atoms with van der Waals surface area (Å²) in [5.74, 6) is 0.476. The highest BCUT2D eigenvalue weighted by Gasteiger charge is 2.37. The molecule has 0 amide bonds. The fourth-order valence-electron chi connectivity index (χ4n) is 5.36. The largest absolute Gasteiger partial charge is 0.375 e. The summed E-state index contributed by atoms with van der Waals surface area (Å²) in [4.78, 5) is 26.1. The molecule has 2 aliphatic heterocycles. The number of hydrogen-bond donors (Lipinski definition) is 1. The molecular formula is C24H22N6O4. The number of nitro groups is 1. The Balaban J connectivity index is 1.40. The van der Waals surface area contributed by atoms with Gasteiger partial charge in [-0.15, -0.1) is 0 Å². The van der Waals surface area contributed by atoms with E-state index >= 15 is 0 Å². The van der Waals surface area contributed by atoms with E-state index < -0.39 is 4.92 Å². The fourth-order valence-corrected chi connectivity index (χ4v) is 5.36. The van der Waals surface area contributed by atoms with Crippen LogP contribution in [0.2, 0.25) is 0 Å². The van der Waals surface area contributed by atoms with Crippen LogP contribution in [0.3, 0.4) is 0 Å². The molecule has 2 bridgehead atoms. The van der Waals surface area contributed by atoms with Gasteiger partial charge in [-0.25, -0.2) is 4.63 Å². The lowest BCUT2D eigenvalue weighted by Crippen LogP contribution is -2.47. The summed E-state index contributed by atoms with van der Waals surface area (Å²) >= 11 is 0. The molecule has 0 radical (unpaired) electrons. The zero-order valence-electron chi connectivity index (χ0n) is 18.3. The van der Waals surface area contributed by atoms with Gasteiger partial charge in [0.2, 0.25) is 5.52 Å². The van der Waals surface area contributed by atoms with E-state index in [0.29, 0.717) is 30.8 Å². The van der Waals surface area contributed by atoms with E-state index in [0.717, 1.165) is 29.9 Å². The third kappa shape index (κ3) is 3.38. The monoisotopic (exact) mass is 458 g/mol. The number of benzene rings is 2. The van der Waals surface area contributed by atoms with Crippen LogP contribution in [0, 0.1) is 16.0 Å². The predicted molar refractivity (Wildman–Crippen MR) is 126 cm³/mol. The number of nitrogens with one attached hydrogen (secondary N) is 1. The van der Waals surface area contributed by atoms with E-state index in [1.54, 1.807) is 12.1 Å². The van der Waals surface area contributed by atoms with Crippen LogP contribution in [-0.4, -0.2) is 32.9 Å².